The zero-order valence-electron chi connectivity index (χ0n) is 9.66. The number of aromatic amines is 1. The lowest BCUT2D eigenvalue weighted by atomic mass is 10.0. The van der Waals surface area contributed by atoms with E-state index < -0.39 is 23.1 Å². The van der Waals surface area contributed by atoms with Crippen LogP contribution >= 0.6 is 0 Å². The van der Waals surface area contributed by atoms with E-state index >= 15 is 0 Å². The summed E-state index contributed by atoms with van der Waals surface area (Å²) in [5.41, 5.74) is -1.93. The maximum absolute atomic E-state index is 13.7. The monoisotopic (exact) mass is 272 g/mol. The molecule has 0 unspecified atom stereocenters. The molecule has 1 N–H and O–H groups in total. The van der Waals surface area contributed by atoms with Gasteiger partial charge in [0.1, 0.15) is 17.2 Å². The molecule has 2 rings (SSSR count). The second-order valence-electron chi connectivity index (χ2n) is 3.60. The molecule has 4 nitrogen and oxygen atoms in total. The third-order valence-electron chi connectivity index (χ3n) is 2.38. The summed E-state index contributed by atoms with van der Waals surface area (Å²) >= 11 is 0. The minimum absolute atomic E-state index is 0.0399. The van der Waals surface area contributed by atoms with Crippen LogP contribution in [0.5, 0.6) is 0 Å². The Balaban J connectivity index is 2.71. The molecule has 0 saturated heterocycles. The van der Waals surface area contributed by atoms with Gasteiger partial charge in [0.25, 0.3) is 0 Å². The number of aliphatic imine (C=N–C) groups is 1. The van der Waals surface area contributed by atoms with E-state index in [1.807, 2.05) is 0 Å². The average molecular weight is 272 g/mol. The van der Waals surface area contributed by atoms with Crippen LogP contribution in [0.15, 0.2) is 23.2 Å². The fraction of sp³-hybridized carbons (Fsp3) is 0.182. The molecule has 19 heavy (non-hydrogen) atoms. The van der Waals surface area contributed by atoms with E-state index in [1.54, 1.807) is 0 Å². The van der Waals surface area contributed by atoms with E-state index in [4.69, 9.17) is 0 Å². The van der Waals surface area contributed by atoms with Crippen molar-refractivity contribution in [3.8, 4) is 11.3 Å². The van der Waals surface area contributed by atoms with E-state index in [1.165, 1.54) is 13.3 Å². The van der Waals surface area contributed by atoms with E-state index in [0.29, 0.717) is 0 Å². The first kappa shape index (κ1) is 13.2. The van der Waals surface area contributed by atoms with Gasteiger partial charge in [-0.05, 0) is 12.1 Å². The fourth-order valence-electron chi connectivity index (χ4n) is 1.64. The Morgan fingerprint density at radius 2 is 2.00 bits per heavy atom. The van der Waals surface area contributed by atoms with Crippen molar-refractivity contribution in [1.29, 1.82) is 0 Å². The highest BCUT2D eigenvalue weighted by molar-refractivity contribution is 5.87. The third kappa shape index (κ3) is 2.47. The molecule has 0 amide bonds. The fourth-order valence-corrected chi connectivity index (χ4v) is 1.64. The molecule has 0 aliphatic carbocycles. The maximum atomic E-state index is 13.7. The van der Waals surface area contributed by atoms with Crippen LogP contribution in [0, 0.1) is 5.82 Å². The van der Waals surface area contributed by atoms with E-state index in [0.717, 1.165) is 18.2 Å². The summed E-state index contributed by atoms with van der Waals surface area (Å²) in [4.78, 5) is 3.63. The Kier molecular flexibility index (Phi) is 3.32. The van der Waals surface area contributed by atoms with Crippen LogP contribution in [-0.2, 0) is 6.18 Å². The highest BCUT2D eigenvalue weighted by Gasteiger charge is 2.36. The average Bonchev–Trinajstić information content (AvgIpc) is 2.76. The molecule has 1 aromatic carbocycles. The van der Waals surface area contributed by atoms with E-state index in [9.17, 15) is 17.6 Å². The van der Waals surface area contributed by atoms with Gasteiger partial charge in [-0.25, -0.2) is 4.39 Å². The Morgan fingerprint density at radius 3 is 2.63 bits per heavy atom. The highest BCUT2D eigenvalue weighted by atomic mass is 19.4. The minimum Gasteiger partial charge on any atom is -0.294 e. The number of H-pyrrole nitrogens is 1. The van der Waals surface area contributed by atoms with Gasteiger partial charge in [0.2, 0.25) is 0 Å². The summed E-state index contributed by atoms with van der Waals surface area (Å²) in [5, 5.41) is 9.36. The van der Waals surface area contributed by atoms with Gasteiger partial charge in [-0.2, -0.15) is 28.6 Å². The summed E-state index contributed by atoms with van der Waals surface area (Å²) in [5.74, 6) is -1.02. The molecule has 100 valence electrons. The van der Waals surface area contributed by atoms with Crippen LogP contribution in [0.1, 0.15) is 11.3 Å². The van der Waals surface area contributed by atoms with Gasteiger partial charge in [-0.1, -0.05) is 6.07 Å². The van der Waals surface area contributed by atoms with Crippen molar-refractivity contribution >= 4 is 6.21 Å². The number of nitrogens with one attached hydrogen (secondary N) is 1. The number of aromatic nitrogens is 3. The molecule has 0 radical (unpaired) electrons. The Morgan fingerprint density at radius 1 is 1.26 bits per heavy atom. The smallest absolute Gasteiger partial charge is 0.294 e. The topological polar surface area (TPSA) is 53.9 Å². The second kappa shape index (κ2) is 4.79. The Bertz CT molecular complexity index is 615. The number of benzene rings is 1. The number of halogens is 4. The van der Waals surface area contributed by atoms with Crippen molar-refractivity contribution in [2.75, 3.05) is 7.05 Å². The van der Waals surface area contributed by atoms with Gasteiger partial charge in [0.15, 0.2) is 0 Å². The van der Waals surface area contributed by atoms with Crippen LogP contribution in [0.3, 0.4) is 0 Å². The zero-order chi connectivity index (χ0) is 14.0. The maximum Gasteiger partial charge on any atom is 0.417 e. The molecule has 0 aliphatic rings. The number of nitrogens with zero attached hydrogens (tertiary/aromatic N) is 3. The molecule has 2 aromatic rings. The zero-order valence-corrected chi connectivity index (χ0v) is 9.66. The molecule has 0 saturated carbocycles. The van der Waals surface area contributed by atoms with Crippen LogP contribution < -0.4 is 0 Å². The van der Waals surface area contributed by atoms with Crippen molar-refractivity contribution < 1.29 is 17.6 Å². The van der Waals surface area contributed by atoms with Crippen molar-refractivity contribution in [2.45, 2.75) is 6.18 Å². The van der Waals surface area contributed by atoms with Crippen LogP contribution in [-0.4, -0.2) is 28.7 Å². The molecule has 0 atom stereocenters. The predicted molar refractivity (Wildman–Crippen MR) is 60.3 cm³/mol. The first-order valence-corrected chi connectivity index (χ1v) is 5.14. The van der Waals surface area contributed by atoms with Crippen molar-refractivity contribution in [3.63, 3.8) is 0 Å². The Hall–Kier alpha value is -2.25. The molecule has 1 heterocycles. The molecule has 0 bridgehead atoms. The highest BCUT2D eigenvalue weighted by Crippen LogP contribution is 2.38. The van der Waals surface area contributed by atoms with Gasteiger partial charge in [0.05, 0.1) is 17.3 Å². The largest absolute Gasteiger partial charge is 0.417 e. The van der Waals surface area contributed by atoms with E-state index in [-0.39, 0.29) is 11.4 Å². The normalized spacial score (nSPS) is 12.3. The summed E-state index contributed by atoms with van der Waals surface area (Å²) in [7, 11) is 1.42. The summed E-state index contributed by atoms with van der Waals surface area (Å²) in [6, 6.07) is 2.72. The number of hydrogen-bond donors (Lipinski definition) is 1. The van der Waals surface area contributed by atoms with Gasteiger partial charge in [-0.3, -0.25) is 4.99 Å². The Labute approximate surface area is 105 Å². The third-order valence-corrected chi connectivity index (χ3v) is 2.38. The van der Waals surface area contributed by atoms with Gasteiger partial charge >= 0.3 is 6.18 Å². The number of hydrogen-bond acceptors (Lipinski definition) is 3. The molecular weight excluding hydrogens is 264 g/mol. The lowest BCUT2D eigenvalue weighted by molar-refractivity contribution is -0.137. The molecule has 0 fully saturated rings. The first-order chi connectivity index (χ1) is 8.95. The number of rotatable bonds is 2. The van der Waals surface area contributed by atoms with Crippen molar-refractivity contribution in [2.24, 2.45) is 4.99 Å². The number of alkyl halides is 3. The van der Waals surface area contributed by atoms with Crippen molar-refractivity contribution in [1.82, 2.24) is 15.4 Å². The van der Waals surface area contributed by atoms with Gasteiger partial charge < -0.3 is 0 Å². The minimum atomic E-state index is -4.68. The quantitative estimate of drug-likeness (QED) is 0.675. The van der Waals surface area contributed by atoms with Gasteiger partial charge in [0, 0.05) is 7.05 Å². The molecule has 0 aliphatic heterocycles. The lowest BCUT2D eigenvalue weighted by Gasteiger charge is -2.11. The van der Waals surface area contributed by atoms with Crippen LogP contribution in [0.4, 0.5) is 17.6 Å². The lowest BCUT2D eigenvalue weighted by Crippen LogP contribution is -2.09. The summed E-state index contributed by atoms with van der Waals surface area (Å²) in [6.07, 6.45) is -3.48. The van der Waals surface area contributed by atoms with Gasteiger partial charge in [-0.15, -0.1) is 0 Å². The standard InChI is InChI=1S/C11H8F4N4/c1-16-5-8-10(18-19-17-8)9-6(11(13,14)15)3-2-4-7(9)12/h2-5H,1H3,(H,17,18,19). The van der Waals surface area contributed by atoms with Crippen LogP contribution in [0.2, 0.25) is 0 Å². The predicted octanol–water partition coefficient (Wildman–Crippen LogP) is 2.68. The van der Waals surface area contributed by atoms with E-state index in [2.05, 4.69) is 20.4 Å². The molecule has 1 aromatic heterocycles. The van der Waals surface area contributed by atoms with Crippen molar-refractivity contribution in [3.05, 3.63) is 35.3 Å². The molecule has 8 heteroatoms. The SMILES string of the molecule is CN=Cc1n[nH]nc1-c1c(F)cccc1C(F)(F)F. The van der Waals surface area contributed by atoms with Crippen LogP contribution in [0.25, 0.3) is 11.3 Å². The summed E-state index contributed by atoms with van der Waals surface area (Å²) < 4.78 is 52.4. The first-order valence-electron chi connectivity index (χ1n) is 5.14. The molecular formula is C11H8F4N4. The molecule has 0 spiro atoms. The second-order valence-corrected chi connectivity index (χ2v) is 3.60. The summed E-state index contributed by atoms with van der Waals surface area (Å²) in [6.45, 7) is 0.